The van der Waals surface area contributed by atoms with Crippen molar-refractivity contribution in [2.24, 2.45) is 5.92 Å². The molecule has 1 spiro atoms. The van der Waals surface area contributed by atoms with Crippen molar-refractivity contribution in [3.63, 3.8) is 0 Å². The van der Waals surface area contributed by atoms with Crippen molar-refractivity contribution in [3.8, 4) is 0 Å². The van der Waals surface area contributed by atoms with E-state index < -0.39 is 0 Å². The van der Waals surface area contributed by atoms with Gasteiger partial charge in [0.2, 0.25) is 0 Å². The van der Waals surface area contributed by atoms with Crippen LogP contribution in [-0.4, -0.2) is 15.9 Å². The van der Waals surface area contributed by atoms with Crippen LogP contribution in [0.4, 0.5) is 0 Å². The summed E-state index contributed by atoms with van der Waals surface area (Å²) in [7, 11) is 0. The zero-order valence-corrected chi connectivity index (χ0v) is 8.18. The van der Waals surface area contributed by atoms with Crippen molar-refractivity contribution in [3.05, 3.63) is 5.84 Å². The quantitative estimate of drug-likeness (QED) is 0.510. The molecule has 0 radical (unpaired) electrons. The van der Waals surface area contributed by atoms with Crippen LogP contribution in [-0.2, 0) is 0 Å². The molecular formula is C11H18N2. The van der Waals surface area contributed by atoms with Crippen molar-refractivity contribution in [1.29, 1.82) is 0 Å². The highest BCUT2D eigenvalue weighted by molar-refractivity contribution is 5.88. The van der Waals surface area contributed by atoms with Gasteiger partial charge in [-0.15, -0.1) is 0 Å². The number of rotatable bonds is 0. The summed E-state index contributed by atoms with van der Waals surface area (Å²) in [5.74, 6) is 8.86. The Morgan fingerprint density at radius 3 is 2.85 bits per heavy atom. The third-order valence-corrected chi connectivity index (χ3v) is 4.43. The summed E-state index contributed by atoms with van der Waals surface area (Å²) in [6.45, 7) is 0. The standard InChI is InChI=1S/C11H18N2/c12-13-10-6-4-8-11(13)7-3-1-2-5-9(10)11/h9,12H,1-8H2. The number of nitrogens with one attached hydrogen (secondary N) is 1. The van der Waals surface area contributed by atoms with E-state index in [2.05, 4.69) is 0 Å². The van der Waals surface area contributed by atoms with Gasteiger partial charge in [0.05, 0.1) is 0 Å². The van der Waals surface area contributed by atoms with Crippen LogP contribution >= 0.6 is 0 Å². The smallest absolute Gasteiger partial charge is 0.169 e. The van der Waals surface area contributed by atoms with Crippen LogP contribution in [0.1, 0.15) is 51.4 Å². The molecule has 1 N–H and O–H groups in total. The monoisotopic (exact) mass is 178 g/mol. The van der Waals surface area contributed by atoms with Crippen LogP contribution in [0.3, 0.4) is 0 Å². The molecule has 0 aromatic carbocycles. The lowest BCUT2D eigenvalue weighted by atomic mass is 9.63. The molecule has 2 bridgehead atoms. The van der Waals surface area contributed by atoms with Crippen molar-refractivity contribution in [1.82, 2.24) is 0 Å². The fourth-order valence-corrected chi connectivity index (χ4v) is 3.79. The van der Waals surface area contributed by atoms with Crippen LogP contribution in [0.2, 0.25) is 0 Å². The lowest BCUT2D eigenvalue weighted by Crippen LogP contribution is -2.63. The van der Waals surface area contributed by atoms with Gasteiger partial charge in [0.15, 0.2) is 11.3 Å². The maximum atomic E-state index is 8.04. The first-order valence-corrected chi connectivity index (χ1v) is 5.72. The van der Waals surface area contributed by atoms with Crippen molar-refractivity contribution in [2.45, 2.75) is 56.9 Å². The molecular weight excluding hydrogens is 160 g/mol. The average Bonchev–Trinajstić information content (AvgIpc) is 2.37. The second-order valence-electron chi connectivity index (χ2n) is 4.94. The van der Waals surface area contributed by atoms with E-state index in [1.54, 1.807) is 0 Å². The molecule has 1 saturated carbocycles. The molecule has 3 aliphatic rings. The molecule has 2 nitrogen and oxygen atoms in total. The normalized spacial score (nSPS) is 43.5. The topological polar surface area (TPSA) is 26.8 Å². The molecule has 0 amide bonds. The molecule has 1 aliphatic carbocycles. The maximum Gasteiger partial charge on any atom is 0.169 e. The Morgan fingerprint density at radius 1 is 1.15 bits per heavy atom. The van der Waals surface area contributed by atoms with Gasteiger partial charge in [0.1, 0.15) is 5.92 Å². The summed E-state index contributed by atoms with van der Waals surface area (Å²) in [5.41, 5.74) is 1.79. The summed E-state index contributed by atoms with van der Waals surface area (Å²) >= 11 is 0. The molecule has 0 saturated heterocycles. The fraction of sp³-hybridized carbons (Fsp3) is 0.909. The highest BCUT2D eigenvalue weighted by atomic mass is 15.4. The molecule has 2 heterocycles. The van der Waals surface area contributed by atoms with Gasteiger partial charge in [-0.25, -0.2) is 0 Å². The molecule has 0 aromatic heterocycles. The Labute approximate surface area is 79.8 Å². The third kappa shape index (κ3) is 0.818. The molecule has 0 aromatic rings. The lowest BCUT2D eigenvalue weighted by molar-refractivity contribution is -0.604. The third-order valence-electron chi connectivity index (χ3n) is 4.43. The van der Waals surface area contributed by atoms with Crippen LogP contribution in [0.15, 0.2) is 0 Å². The lowest BCUT2D eigenvalue weighted by Gasteiger charge is -2.50. The number of hydrogen-bond acceptors (Lipinski definition) is 0. The molecule has 2 heteroatoms. The zero-order valence-electron chi connectivity index (χ0n) is 8.18. The molecule has 2 unspecified atom stereocenters. The second kappa shape index (κ2) is 2.49. The Kier molecular flexibility index (Phi) is 1.50. The Bertz CT molecular complexity index is 269. The van der Waals surface area contributed by atoms with Crippen molar-refractivity contribution in [2.75, 3.05) is 0 Å². The van der Waals surface area contributed by atoms with Crippen LogP contribution in [0.5, 0.6) is 0 Å². The number of nitrogens with zero attached hydrogens (tertiary/aromatic N) is 1. The highest BCUT2D eigenvalue weighted by Gasteiger charge is 2.60. The van der Waals surface area contributed by atoms with Gasteiger partial charge in [-0.3, -0.25) is 4.68 Å². The Hall–Kier alpha value is -0.530. The maximum absolute atomic E-state index is 8.04. The Morgan fingerprint density at radius 2 is 2.00 bits per heavy atom. The molecule has 3 rings (SSSR count). The van der Waals surface area contributed by atoms with E-state index in [0.29, 0.717) is 5.54 Å². The van der Waals surface area contributed by atoms with E-state index in [0.717, 1.165) is 5.92 Å². The summed E-state index contributed by atoms with van der Waals surface area (Å²) in [6, 6.07) is 0. The van der Waals surface area contributed by atoms with E-state index in [9.17, 15) is 0 Å². The first-order chi connectivity index (χ1) is 6.34. The van der Waals surface area contributed by atoms with Gasteiger partial charge in [-0.2, -0.15) is 0 Å². The van der Waals surface area contributed by atoms with E-state index >= 15 is 0 Å². The summed E-state index contributed by atoms with van der Waals surface area (Å²) in [6.07, 6.45) is 10.7. The SMILES string of the molecule is [NH-][N+]1=C2CCCC13CCCCCC23. The van der Waals surface area contributed by atoms with Crippen LogP contribution < -0.4 is 0 Å². The van der Waals surface area contributed by atoms with Gasteiger partial charge in [0.25, 0.3) is 0 Å². The number of hydrogen-bond donors (Lipinski definition) is 0. The van der Waals surface area contributed by atoms with E-state index in [-0.39, 0.29) is 0 Å². The summed E-state index contributed by atoms with van der Waals surface area (Å²) in [5, 5.41) is 0. The number of fused-ring (bicyclic) bond motifs is 1. The van der Waals surface area contributed by atoms with E-state index in [4.69, 9.17) is 5.84 Å². The van der Waals surface area contributed by atoms with Gasteiger partial charge >= 0.3 is 0 Å². The van der Waals surface area contributed by atoms with Gasteiger partial charge in [0, 0.05) is 19.3 Å². The minimum atomic E-state index is 0.323. The first-order valence-electron chi connectivity index (χ1n) is 5.72. The average molecular weight is 178 g/mol. The largest absolute Gasteiger partial charge is 0.454 e. The molecule has 2 aliphatic heterocycles. The Balaban J connectivity index is 1.98. The molecule has 2 atom stereocenters. The second-order valence-corrected chi connectivity index (χ2v) is 4.94. The fourth-order valence-electron chi connectivity index (χ4n) is 3.79. The molecule has 72 valence electrons. The molecule has 13 heavy (non-hydrogen) atoms. The predicted octanol–water partition coefficient (Wildman–Crippen LogP) is 2.92. The van der Waals surface area contributed by atoms with Crippen LogP contribution in [0.25, 0.3) is 5.84 Å². The van der Waals surface area contributed by atoms with Crippen molar-refractivity contribution >= 4 is 5.71 Å². The molecule has 1 fully saturated rings. The van der Waals surface area contributed by atoms with Crippen LogP contribution in [0, 0.1) is 5.92 Å². The predicted molar refractivity (Wildman–Crippen MR) is 52.7 cm³/mol. The summed E-state index contributed by atoms with van der Waals surface area (Å²) in [4.78, 5) is 0. The minimum Gasteiger partial charge on any atom is -0.454 e. The van der Waals surface area contributed by atoms with Crippen molar-refractivity contribution < 1.29 is 4.68 Å². The van der Waals surface area contributed by atoms with E-state index in [1.165, 1.54) is 57.1 Å². The minimum absolute atomic E-state index is 0.323. The summed E-state index contributed by atoms with van der Waals surface area (Å²) < 4.78 is 1.90. The van der Waals surface area contributed by atoms with E-state index in [1.807, 2.05) is 4.68 Å². The first kappa shape index (κ1) is 7.84. The zero-order chi connectivity index (χ0) is 8.89. The van der Waals surface area contributed by atoms with Gasteiger partial charge in [-0.1, -0.05) is 12.8 Å². The van der Waals surface area contributed by atoms with Gasteiger partial charge in [-0.05, 0) is 19.3 Å². The van der Waals surface area contributed by atoms with Gasteiger partial charge < -0.3 is 5.84 Å². The highest BCUT2D eigenvalue weighted by Crippen LogP contribution is 2.50.